The monoisotopic (exact) mass is 321 g/mol. The van der Waals surface area contributed by atoms with Crippen LogP contribution in [0.3, 0.4) is 0 Å². The molecule has 5 atom stereocenters. The summed E-state index contributed by atoms with van der Waals surface area (Å²) < 4.78 is 11.6. The molecule has 1 aliphatic carbocycles. The maximum Gasteiger partial charge on any atom is 0.407 e. The number of carbonyl (C=O) groups excluding carboxylic acids is 1. The van der Waals surface area contributed by atoms with Gasteiger partial charge in [-0.25, -0.2) is 4.79 Å². The summed E-state index contributed by atoms with van der Waals surface area (Å²) in [7, 11) is 0. The Labute approximate surface area is 140 Å². The molecule has 2 bridgehead atoms. The van der Waals surface area contributed by atoms with Crippen LogP contribution in [-0.4, -0.2) is 32.0 Å². The summed E-state index contributed by atoms with van der Waals surface area (Å²) in [6, 6.07) is 0. The Bertz CT molecular complexity index is 473. The lowest BCUT2D eigenvalue weighted by Gasteiger charge is -2.54. The Balaban J connectivity index is 2.07. The first-order valence-electron chi connectivity index (χ1n) is 8.79. The van der Waals surface area contributed by atoms with Crippen LogP contribution in [0.25, 0.3) is 0 Å². The van der Waals surface area contributed by atoms with Crippen LogP contribution in [0, 0.1) is 23.2 Å². The molecule has 1 fully saturated rings. The molecule has 130 valence electrons. The molecule has 2 aliphatic rings. The fourth-order valence-electron chi connectivity index (χ4n) is 4.14. The molecule has 1 saturated heterocycles. The third-order valence-corrected chi connectivity index (χ3v) is 5.79. The van der Waals surface area contributed by atoms with Gasteiger partial charge < -0.3 is 14.8 Å². The minimum Gasteiger partial charge on any atom is -0.449 e. The molecule has 0 aromatic rings. The number of rotatable bonds is 6. The van der Waals surface area contributed by atoms with E-state index in [1.807, 2.05) is 6.08 Å². The summed E-state index contributed by atoms with van der Waals surface area (Å²) in [5, 5.41) is 2.82. The van der Waals surface area contributed by atoms with E-state index >= 15 is 0 Å². The summed E-state index contributed by atoms with van der Waals surface area (Å²) in [6.45, 7) is 14.3. The zero-order valence-corrected chi connectivity index (χ0v) is 14.9. The average molecular weight is 321 g/mol. The zero-order valence-electron chi connectivity index (χ0n) is 14.9. The van der Waals surface area contributed by atoms with E-state index < -0.39 is 0 Å². The number of nitrogens with one attached hydrogen (secondary N) is 1. The highest BCUT2D eigenvalue weighted by Gasteiger charge is 2.53. The van der Waals surface area contributed by atoms with Crippen LogP contribution in [0.1, 0.15) is 40.5 Å². The molecule has 1 amide bonds. The first-order chi connectivity index (χ1) is 11.0. The number of alkyl carbamates (subject to hydrolysis) is 1. The second kappa shape index (κ2) is 7.52. The molecule has 4 heteroatoms. The molecule has 2 rings (SSSR count). The van der Waals surface area contributed by atoms with E-state index in [4.69, 9.17) is 9.47 Å². The summed E-state index contributed by atoms with van der Waals surface area (Å²) in [6.07, 6.45) is 5.99. The van der Waals surface area contributed by atoms with E-state index in [1.165, 1.54) is 5.57 Å². The molecule has 0 aromatic carbocycles. The Morgan fingerprint density at radius 2 is 2.30 bits per heavy atom. The van der Waals surface area contributed by atoms with Gasteiger partial charge in [-0.3, -0.25) is 0 Å². The maximum absolute atomic E-state index is 11.9. The van der Waals surface area contributed by atoms with Crippen molar-refractivity contribution in [2.45, 2.75) is 46.6 Å². The maximum atomic E-state index is 11.9. The molecule has 1 N–H and O–H groups in total. The van der Waals surface area contributed by atoms with Crippen LogP contribution in [0.15, 0.2) is 24.3 Å². The number of hydrogen-bond donors (Lipinski definition) is 1. The van der Waals surface area contributed by atoms with Gasteiger partial charge in [-0.2, -0.15) is 0 Å². The van der Waals surface area contributed by atoms with Crippen molar-refractivity contribution in [3.8, 4) is 0 Å². The van der Waals surface area contributed by atoms with Gasteiger partial charge in [-0.1, -0.05) is 44.9 Å². The van der Waals surface area contributed by atoms with Gasteiger partial charge in [-0.05, 0) is 25.2 Å². The largest absolute Gasteiger partial charge is 0.449 e. The summed E-state index contributed by atoms with van der Waals surface area (Å²) >= 11 is 0. The van der Waals surface area contributed by atoms with Crippen molar-refractivity contribution in [3.05, 3.63) is 24.3 Å². The predicted molar refractivity (Wildman–Crippen MR) is 92.2 cm³/mol. The van der Waals surface area contributed by atoms with Crippen molar-refractivity contribution in [2.75, 3.05) is 19.8 Å². The highest BCUT2D eigenvalue weighted by molar-refractivity contribution is 5.67. The topological polar surface area (TPSA) is 47.6 Å². The van der Waals surface area contributed by atoms with Gasteiger partial charge in [0.05, 0.1) is 12.7 Å². The van der Waals surface area contributed by atoms with Gasteiger partial charge in [0.25, 0.3) is 0 Å². The highest BCUT2D eigenvalue weighted by atomic mass is 16.6. The van der Waals surface area contributed by atoms with Crippen molar-refractivity contribution in [3.63, 3.8) is 0 Å². The van der Waals surface area contributed by atoms with Gasteiger partial charge in [0.15, 0.2) is 0 Å². The van der Waals surface area contributed by atoms with Crippen molar-refractivity contribution in [1.29, 1.82) is 0 Å². The number of carbonyl (C=O) groups is 1. The summed E-state index contributed by atoms with van der Waals surface area (Å²) in [5.41, 5.74) is 1.21. The van der Waals surface area contributed by atoms with Crippen molar-refractivity contribution < 1.29 is 14.3 Å². The lowest BCUT2D eigenvalue weighted by Crippen LogP contribution is -2.56. The number of amides is 1. The second-order valence-electron chi connectivity index (χ2n) is 7.11. The van der Waals surface area contributed by atoms with E-state index in [0.29, 0.717) is 37.5 Å². The van der Waals surface area contributed by atoms with Crippen molar-refractivity contribution in [1.82, 2.24) is 5.32 Å². The fraction of sp³-hybridized carbons (Fsp3) is 0.737. The molecule has 0 saturated carbocycles. The smallest absolute Gasteiger partial charge is 0.407 e. The van der Waals surface area contributed by atoms with Gasteiger partial charge in [0.2, 0.25) is 0 Å². The molecule has 4 nitrogen and oxygen atoms in total. The van der Waals surface area contributed by atoms with Crippen LogP contribution in [0.4, 0.5) is 4.79 Å². The predicted octanol–water partition coefficient (Wildman–Crippen LogP) is 3.93. The molecule has 23 heavy (non-hydrogen) atoms. The number of fused-ring (bicyclic) bond motifs is 2. The SMILES string of the molecule is C=C[C@H]1OC[C@@]2(COC(=O)NCCCC)[C@H](C)C=C(C)[C@H]1[C@H]2C. The third kappa shape index (κ3) is 3.47. The second-order valence-corrected chi connectivity index (χ2v) is 7.11. The van der Waals surface area contributed by atoms with Gasteiger partial charge >= 0.3 is 6.09 Å². The summed E-state index contributed by atoms with van der Waals surface area (Å²) in [5.74, 6) is 1.04. The Kier molecular flexibility index (Phi) is 5.90. The van der Waals surface area contributed by atoms with Crippen LogP contribution in [0.2, 0.25) is 0 Å². The number of ether oxygens (including phenoxy) is 2. The molecule has 0 aromatic heterocycles. The molecule has 0 spiro atoms. The van der Waals surface area contributed by atoms with E-state index in [1.54, 1.807) is 0 Å². The van der Waals surface area contributed by atoms with Crippen LogP contribution >= 0.6 is 0 Å². The average Bonchev–Trinajstić information content (AvgIpc) is 2.52. The van der Waals surface area contributed by atoms with E-state index in [-0.39, 0.29) is 17.6 Å². The molecular formula is C19H31NO3. The van der Waals surface area contributed by atoms with Gasteiger partial charge in [0, 0.05) is 17.9 Å². The molecule has 0 unspecified atom stereocenters. The first-order valence-corrected chi connectivity index (χ1v) is 8.79. The number of unbranched alkanes of at least 4 members (excludes halogenated alkanes) is 1. The minimum atomic E-state index is -0.319. The van der Waals surface area contributed by atoms with Crippen molar-refractivity contribution in [2.24, 2.45) is 23.2 Å². The number of allylic oxidation sites excluding steroid dienone is 1. The Hall–Kier alpha value is -1.29. The third-order valence-electron chi connectivity index (χ3n) is 5.79. The zero-order chi connectivity index (χ0) is 17.0. The molecular weight excluding hydrogens is 290 g/mol. The highest BCUT2D eigenvalue weighted by Crippen LogP contribution is 2.52. The lowest BCUT2D eigenvalue weighted by atomic mass is 9.56. The first kappa shape index (κ1) is 18.1. The van der Waals surface area contributed by atoms with E-state index in [0.717, 1.165) is 12.8 Å². The van der Waals surface area contributed by atoms with Gasteiger partial charge in [0.1, 0.15) is 6.61 Å². The normalized spacial score (nSPS) is 36.1. The Morgan fingerprint density at radius 1 is 1.57 bits per heavy atom. The molecule has 1 heterocycles. The Morgan fingerprint density at radius 3 is 2.96 bits per heavy atom. The van der Waals surface area contributed by atoms with Crippen LogP contribution < -0.4 is 5.32 Å². The minimum absolute atomic E-state index is 0.0558. The standard InChI is InChI=1S/C19H31NO3/c1-6-8-9-20-18(21)23-12-19-11-22-16(7-2)17(15(19)5)13(3)10-14(19)4/h7,10,14-17H,2,6,8-9,11-12H2,1,3-5H3,(H,20,21)/t14-,15-,16-,17+,19-/m1/s1. The summed E-state index contributed by atoms with van der Waals surface area (Å²) in [4.78, 5) is 11.9. The van der Waals surface area contributed by atoms with Crippen LogP contribution in [0.5, 0.6) is 0 Å². The molecule has 0 radical (unpaired) electrons. The number of hydrogen-bond acceptors (Lipinski definition) is 3. The van der Waals surface area contributed by atoms with E-state index in [2.05, 4.69) is 45.7 Å². The van der Waals surface area contributed by atoms with Crippen molar-refractivity contribution >= 4 is 6.09 Å². The van der Waals surface area contributed by atoms with Crippen LogP contribution in [-0.2, 0) is 9.47 Å². The molecule has 1 aliphatic heterocycles. The lowest BCUT2D eigenvalue weighted by molar-refractivity contribution is -0.148. The quantitative estimate of drug-likeness (QED) is 0.595. The van der Waals surface area contributed by atoms with E-state index in [9.17, 15) is 4.79 Å². The van der Waals surface area contributed by atoms with Gasteiger partial charge in [-0.15, -0.1) is 6.58 Å². The fourth-order valence-corrected chi connectivity index (χ4v) is 4.14.